The number of aliphatic imine (C=N–C) groups is 1. The first kappa shape index (κ1) is 21.0. The Labute approximate surface area is 176 Å². The van der Waals surface area contributed by atoms with E-state index in [1.165, 1.54) is 0 Å². The number of hydrogen-bond acceptors (Lipinski definition) is 3. The number of halogens is 1. The van der Waals surface area contributed by atoms with Crippen molar-refractivity contribution in [2.24, 2.45) is 4.99 Å². The third kappa shape index (κ3) is 5.64. The van der Waals surface area contributed by atoms with Gasteiger partial charge in [-0.15, -0.1) is 0 Å². The average molecular weight is 415 g/mol. The number of hydrogen-bond donors (Lipinski definition) is 3. The van der Waals surface area contributed by atoms with Gasteiger partial charge >= 0.3 is 0 Å². The van der Waals surface area contributed by atoms with Gasteiger partial charge in [-0.2, -0.15) is 0 Å². The molecule has 1 aliphatic rings. The maximum Gasteiger partial charge on any atom is 0.225 e. The van der Waals surface area contributed by atoms with E-state index in [1.807, 2.05) is 50.2 Å². The summed E-state index contributed by atoms with van der Waals surface area (Å²) in [6, 6.07) is 13.5. The molecule has 29 heavy (non-hydrogen) atoms. The summed E-state index contributed by atoms with van der Waals surface area (Å²) >= 11 is 6.08. The number of benzene rings is 2. The van der Waals surface area contributed by atoms with E-state index >= 15 is 0 Å². The van der Waals surface area contributed by atoms with Crippen LogP contribution in [-0.2, 0) is 11.3 Å². The summed E-state index contributed by atoms with van der Waals surface area (Å²) in [5, 5.41) is 10.2. The third-order valence-electron chi connectivity index (χ3n) is 4.70. The number of carbonyl (C=O) groups excluding carboxylic acids is 1. The Hall–Kier alpha value is -2.73. The van der Waals surface area contributed by atoms with Crippen LogP contribution in [-0.4, -0.2) is 31.6 Å². The molecule has 0 fully saturated rings. The fourth-order valence-electron chi connectivity index (χ4n) is 3.36. The summed E-state index contributed by atoms with van der Waals surface area (Å²) in [6.45, 7) is 6.36. The lowest BCUT2D eigenvalue weighted by Crippen LogP contribution is -2.40. The molecule has 0 aromatic heterocycles. The number of ether oxygens (including phenoxy) is 1. The van der Waals surface area contributed by atoms with Gasteiger partial charge in [0.2, 0.25) is 5.91 Å². The highest BCUT2D eigenvalue weighted by atomic mass is 35.5. The van der Waals surface area contributed by atoms with E-state index < -0.39 is 0 Å². The van der Waals surface area contributed by atoms with Gasteiger partial charge in [0.25, 0.3) is 0 Å². The van der Waals surface area contributed by atoms with Crippen LogP contribution >= 0.6 is 11.6 Å². The van der Waals surface area contributed by atoms with Crippen molar-refractivity contribution in [2.75, 3.05) is 25.0 Å². The molecule has 0 bridgehead atoms. The monoisotopic (exact) mass is 414 g/mol. The van der Waals surface area contributed by atoms with Gasteiger partial charge in [-0.05, 0) is 37.6 Å². The van der Waals surface area contributed by atoms with Crippen LogP contribution < -0.4 is 20.7 Å². The van der Waals surface area contributed by atoms with Gasteiger partial charge in [0.05, 0.1) is 13.2 Å². The molecule has 3 N–H and O–H groups in total. The molecule has 1 atom stereocenters. The lowest BCUT2D eigenvalue weighted by atomic mass is 9.90. The summed E-state index contributed by atoms with van der Waals surface area (Å²) < 4.78 is 5.68. The van der Waals surface area contributed by atoms with Crippen LogP contribution in [0, 0.1) is 0 Å². The zero-order chi connectivity index (χ0) is 20.6. The van der Waals surface area contributed by atoms with E-state index in [-0.39, 0.29) is 11.8 Å². The van der Waals surface area contributed by atoms with Gasteiger partial charge in [-0.1, -0.05) is 35.9 Å². The predicted molar refractivity (Wildman–Crippen MR) is 118 cm³/mol. The SMILES string of the molecule is CCNC(=NCc1ccc(Cl)cc1OCC)NCC1CC(=O)Nc2ccccc21. The van der Waals surface area contributed by atoms with Crippen LogP contribution in [0.15, 0.2) is 47.5 Å². The maximum atomic E-state index is 12.0. The van der Waals surface area contributed by atoms with Crippen molar-refractivity contribution < 1.29 is 9.53 Å². The molecule has 1 unspecified atom stereocenters. The van der Waals surface area contributed by atoms with Gasteiger partial charge in [0.1, 0.15) is 5.75 Å². The van der Waals surface area contributed by atoms with Gasteiger partial charge in [-0.25, -0.2) is 4.99 Å². The van der Waals surface area contributed by atoms with Gasteiger partial charge in [0.15, 0.2) is 5.96 Å². The molecule has 2 aromatic rings. The molecule has 6 nitrogen and oxygen atoms in total. The van der Waals surface area contributed by atoms with Gasteiger partial charge in [-0.3, -0.25) is 4.79 Å². The standard InChI is InChI=1S/C22H27ClN4O2/c1-3-24-22(25-13-15-9-10-17(23)12-20(15)29-4-2)26-14-16-11-21(28)27-19-8-6-5-7-18(16)19/h5-10,12,16H,3-4,11,13-14H2,1-2H3,(H,27,28)(H2,24,25,26). The minimum Gasteiger partial charge on any atom is -0.493 e. The van der Waals surface area contributed by atoms with E-state index in [9.17, 15) is 4.79 Å². The Bertz CT molecular complexity index is 885. The number of rotatable bonds is 7. The molecule has 0 spiro atoms. The van der Waals surface area contributed by atoms with E-state index in [0.717, 1.165) is 29.1 Å². The predicted octanol–water partition coefficient (Wildman–Crippen LogP) is 3.92. The van der Waals surface area contributed by atoms with Crippen LogP contribution in [0.4, 0.5) is 5.69 Å². The van der Waals surface area contributed by atoms with Gasteiger partial charge < -0.3 is 20.7 Å². The molecule has 0 aliphatic carbocycles. The van der Waals surface area contributed by atoms with Crippen molar-refractivity contribution in [3.8, 4) is 5.75 Å². The van der Waals surface area contributed by atoms with E-state index in [2.05, 4.69) is 27.0 Å². The molecular formula is C22H27ClN4O2. The Morgan fingerprint density at radius 2 is 2.07 bits per heavy atom. The van der Waals surface area contributed by atoms with E-state index in [0.29, 0.717) is 37.1 Å². The van der Waals surface area contributed by atoms with E-state index in [1.54, 1.807) is 0 Å². The van der Waals surface area contributed by atoms with Crippen LogP contribution in [0.5, 0.6) is 5.75 Å². The van der Waals surface area contributed by atoms with Crippen molar-refractivity contribution in [2.45, 2.75) is 32.7 Å². The first-order chi connectivity index (χ1) is 14.1. The molecule has 0 radical (unpaired) electrons. The Balaban J connectivity index is 1.70. The number of nitrogens with one attached hydrogen (secondary N) is 3. The normalized spacial score (nSPS) is 16.0. The summed E-state index contributed by atoms with van der Waals surface area (Å²) in [7, 11) is 0. The summed E-state index contributed by atoms with van der Waals surface area (Å²) in [4.78, 5) is 16.7. The highest BCUT2D eigenvalue weighted by Gasteiger charge is 2.24. The summed E-state index contributed by atoms with van der Waals surface area (Å²) in [5.41, 5.74) is 3.00. The van der Waals surface area contributed by atoms with Crippen molar-refractivity contribution >= 4 is 29.2 Å². The zero-order valence-corrected chi connectivity index (χ0v) is 17.6. The van der Waals surface area contributed by atoms with Crippen molar-refractivity contribution in [1.82, 2.24) is 10.6 Å². The summed E-state index contributed by atoms with van der Waals surface area (Å²) in [6.07, 6.45) is 0.453. The highest BCUT2D eigenvalue weighted by molar-refractivity contribution is 6.30. The van der Waals surface area contributed by atoms with E-state index in [4.69, 9.17) is 16.3 Å². The minimum atomic E-state index is 0.0416. The topological polar surface area (TPSA) is 74.8 Å². The molecule has 1 amide bonds. The smallest absolute Gasteiger partial charge is 0.225 e. The minimum absolute atomic E-state index is 0.0416. The van der Waals surface area contributed by atoms with Crippen LogP contribution in [0.1, 0.15) is 37.3 Å². The maximum absolute atomic E-state index is 12.0. The van der Waals surface area contributed by atoms with Crippen molar-refractivity contribution in [3.05, 3.63) is 58.6 Å². The number of para-hydroxylation sites is 1. The molecule has 1 heterocycles. The molecule has 0 saturated carbocycles. The fourth-order valence-corrected chi connectivity index (χ4v) is 3.52. The van der Waals surface area contributed by atoms with Crippen molar-refractivity contribution in [3.63, 3.8) is 0 Å². The largest absolute Gasteiger partial charge is 0.493 e. The fraction of sp³-hybridized carbons (Fsp3) is 0.364. The number of carbonyl (C=O) groups is 1. The summed E-state index contributed by atoms with van der Waals surface area (Å²) in [5.74, 6) is 1.59. The second-order valence-corrected chi connectivity index (χ2v) is 7.23. The highest BCUT2D eigenvalue weighted by Crippen LogP contribution is 2.31. The third-order valence-corrected chi connectivity index (χ3v) is 4.94. The van der Waals surface area contributed by atoms with Gasteiger partial charge in [0, 0.05) is 41.7 Å². The Morgan fingerprint density at radius 3 is 2.86 bits per heavy atom. The number of guanidine groups is 1. The Morgan fingerprint density at radius 1 is 1.24 bits per heavy atom. The molecule has 0 saturated heterocycles. The second kappa shape index (κ2) is 10.2. The quantitative estimate of drug-likeness (QED) is 0.474. The number of nitrogens with zero attached hydrogens (tertiary/aromatic N) is 1. The number of fused-ring (bicyclic) bond motifs is 1. The molecule has 3 rings (SSSR count). The number of amides is 1. The molecular weight excluding hydrogens is 388 g/mol. The molecule has 1 aliphatic heterocycles. The van der Waals surface area contributed by atoms with Crippen LogP contribution in [0.2, 0.25) is 5.02 Å². The van der Waals surface area contributed by atoms with Crippen molar-refractivity contribution in [1.29, 1.82) is 0 Å². The molecule has 7 heteroatoms. The lowest BCUT2D eigenvalue weighted by molar-refractivity contribution is -0.116. The zero-order valence-electron chi connectivity index (χ0n) is 16.8. The molecule has 2 aromatic carbocycles. The lowest BCUT2D eigenvalue weighted by Gasteiger charge is -2.26. The first-order valence-corrected chi connectivity index (χ1v) is 10.3. The average Bonchev–Trinajstić information content (AvgIpc) is 2.71. The second-order valence-electron chi connectivity index (χ2n) is 6.80. The first-order valence-electron chi connectivity index (χ1n) is 9.92. The van der Waals surface area contributed by atoms with Crippen LogP contribution in [0.3, 0.4) is 0 Å². The van der Waals surface area contributed by atoms with Crippen LogP contribution in [0.25, 0.3) is 0 Å². The number of anilines is 1. The molecule has 154 valence electrons. The Kier molecular flexibility index (Phi) is 7.36.